The van der Waals surface area contributed by atoms with Gasteiger partial charge in [-0.2, -0.15) is 0 Å². The molecule has 1 heterocycles. The highest BCUT2D eigenvalue weighted by Gasteiger charge is 2.50. The molecule has 2 N–H and O–H groups in total. The average molecular weight is 420 g/mol. The summed E-state index contributed by atoms with van der Waals surface area (Å²) in [6, 6.07) is 12.0. The zero-order valence-corrected chi connectivity index (χ0v) is 15.3. The van der Waals surface area contributed by atoms with Crippen LogP contribution in [0.2, 0.25) is 0 Å². The highest BCUT2D eigenvalue weighted by atomic mass is 79.9. The van der Waals surface area contributed by atoms with Gasteiger partial charge in [0.15, 0.2) is 0 Å². The summed E-state index contributed by atoms with van der Waals surface area (Å²) in [7, 11) is 0. The molecule has 0 aliphatic carbocycles. The van der Waals surface area contributed by atoms with Crippen LogP contribution in [0.4, 0.5) is 14.9 Å². The van der Waals surface area contributed by atoms with Crippen molar-refractivity contribution in [3.05, 3.63) is 64.4 Å². The van der Waals surface area contributed by atoms with Crippen molar-refractivity contribution in [3.8, 4) is 0 Å². The van der Waals surface area contributed by atoms with Crippen LogP contribution in [-0.2, 0) is 15.1 Å². The number of halogens is 2. The molecule has 0 saturated carbocycles. The summed E-state index contributed by atoms with van der Waals surface area (Å²) < 4.78 is 14.3. The van der Waals surface area contributed by atoms with Crippen molar-refractivity contribution in [2.75, 3.05) is 11.9 Å². The van der Waals surface area contributed by atoms with Gasteiger partial charge in [0.1, 0.15) is 17.9 Å². The Morgan fingerprint density at radius 2 is 1.85 bits per heavy atom. The van der Waals surface area contributed by atoms with E-state index in [9.17, 15) is 18.8 Å². The minimum atomic E-state index is -1.30. The molecule has 1 saturated heterocycles. The van der Waals surface area contributed by atoms with Gasteiger partial charge in [0.05, 0.1) is 5.69 Å². The fourth-order valence-corrected chi connectivity index (χ4v) is 3.47. The summed E-state index contributed by atoms with van der Waals surface area (Å²) in [5.41, 5.74) is -0.733. The van der Waals surface area contributed by atoms with E-state index in [1.165, 1.54) is 18.2 Å². The first-order valence-electron chi connectivity index (χ1n) is 7.76. The smallest absolute Gasteiger partial charge is 0.322 e. The predicted octanol–water partition coefficient (Wildman–Crippen LogP) is 2.99. The SMILES string of the molecule is C[C@]1(c2ccccc2Br)NC(=O)N(CC(=O)Nc2ccccc2F)C1=O. The molecule has 1 aliphatic heterocycles. The highest BCUT2D eigenvalue weighted by molar-refractivity contribution is 9.10. The van der Waals surface area contributed by atoms with Gasteiger partial charge in [0.25, 0.3) is 5.91 Å². The van der Waals surface area contributed by atoms with Crippen molar-refractivity contribution >= 4 is 39.5 Å². The van der Waals surface area contributed by atoms with Gasteiger partial charge in [-0.1, -0.05) is 46.3 Å². The number of amides is 4. The maximum Gasteiger partial charge on any atom is 0.325 e. The Bertz CT molecular complexity index is 905. The zero-order chi connectivity index (χ0) is 18.9. The molecule has 3 rings (SSSR count). The molecule has 134 valence electrons. The molecular weight excluding hydrogens is 405 g/mol. The Labute approximate surface area is 157 Å². The summed E-state index contributed by atoms with van der Waals surface area (Å²) in [6.07, 6.45) is 0. The first-order chi connectivity index (χ1) is 12.3. The third kappa shape index (κ3) is 3.20. The standard InChI is InChI=1S/C18H15BrFN3O3/c1-18(11-6-2-3-7-12(11)19)16(25)23(17(26)22-18)10-15(24)21-14-9-5-4-8-13(14)20/h2-9H,10H2,1H3,(H,21,24)(H,22,26)/t18-/m1/s1. The molecule has 6 nitrogen and oxygen atoms in total. The van der Waals surface area contributed by atoms with E-state index in [0.29, 0.717) is 10.0 Å². The highest BCUT2D eigenvalue weighted by Crippen LogP contribution is 2.33. The Morgan fingerprint density at radius 3 is 2.54 bits per heavy atom. The molecule has 2 aromatic rings. The van der Waals surface area contributed by atoms with Crippen LogP contribution in [0.3, 0.4) is 0 Å². The van der Waals surface area contributed by atoms with E-state index in [1.807, 2.05) is 0 Å². The number of para-hydroxylation sites is 1. The summed E-state index contributed by atoms with van der Waals surface area (Å²) in [5.74, 6) is -1.83. The topological polar surface area (TPSA) is 78.5 Å². The fourth-order valence-electron chi connectivity index (χ4n) is 2.79. The largest absolute Gasteiger partial charge is 0.325 e. The lowest BCUT2D eigenvalue weighted by molar-refractivity contribution is -0.133. The molecular formula is C18H15BrFN3O3. The molecule has 1 atom stereocenters. The van der Waals surface area contributed by atoms with Crippen molar-refractivity contribution in [2.24, 2.45) is 0 Å². The fraction of sp³-hybridized carbons (Fsp3) is 0.167. The van der Waals surface area contributed by atoms with Crippen LogP contribution in [0.5, 0.6) is 0 Å². The summed E-state index contributed by atoms with van der Waals surface area (Å²) in [4.78, 5) is 38.1. The minimum absolute atomic E-state index is 0.0156. The van der Waals surface area contributed by atoms with Gasteiger partial charge in [-0.15, -0.1) is 0 Å². The van der Waals surface area contributed by atoms with Gasteiger partial charge < -0.3 is 10.6 Å². The van der Waals surface area contributed by atoms with Gasteiger partial charge in [0.2, 0.25) is 5.91 Å². The summed E-state index contributed by atoms with van der Waals surface area (Å²) >= 11 is 3.37. The van der Waals surface area contributed by atoms with Crippen LogP contribution in [0.1, 0.15) is 12.5 Å². The predicted molar refractivity (Wildman–Crippen MR) is 96.8 cm³/mol. The van der Waals surface area contributed by atoms with Gasteiger partial charge in [-0.25, -0.2) is 9.18 Å². The molecule has 0 radical (unpaired) electrons. The number of nitrogens with one attached hydrogen (secondary N) is 2. The van der Waals surface area contributed by atoms with Crippen LogP contribution in [0, 0.1) is 5.82 Å². The molecule has 2 aromatic carbocycles. The molecule has 26 heavy (non-hydrogen) atoms. The number of anilines is 1. The van der Waals surface area contributed by atoms with Gasteiger partial charge >= 0.3 is 6.03 Å². The molecule has 0 bridgehead atoms. The second-order valence-corrected chi connectivity index (χ2v) is 6.81. The first-order valence-corrected chi connectivity index (χ1v) is 8.56. The normalized spacial score (nSPS) is 19.4. The van der Waals surface area contributed by atoms with E-state index < -0.39 is 35.7 Å². The quantitative estimate of drug-likeness (QED) is 0.747. The van der Waals surface area contributed by atoms with Crippen molar-refractivity contribution < 1.29 is 18.8 Å². The number of urea groups is 1. The van der Waals surface area contributed by atoms with Crippen molar-refractivity contribution in [2.45, 2.75) is 12.5 Å². The Kier molecular flexibility index (Phi) is 4.78. The maximum absolute atomic E-state index is 13.6. The number of imide groups is 1. The zero-order valence-electron chi connectivity index (χ0n) is 13.8. The second-order valence-electron chi connectivity index (χ2n) is 5.95. The van der Waals surface area contributed by atoms with E-state index in [4.69, 9.17) is 0 Å². The Balaban J connectivity index is 1.78. The molecule has 8 heteroatoms. The van der Waals surface area contributed by atoms with Crippen molar-refractivity contribution in [3.63, 3.8) is 0 Å². The van der Waals surface area contributed by atoms with Crippen LogP contribution < -0.4 is 10.6 Å². The summed E-state index contributed by atoms with van der Waals surface area (Å²) in [6.45, 7) is 1.06. The van der Waals surface area contributed by atoms with E-state index in [1.54, 1.807) is 37.3 Å². The second kappa shape index (κ2) is 6.87. The first kappa shape index (κ1) is 18.1. The van der Waals surface area contributed by atoms with Gasteiger partial charge in [-0.05, 0) is 25.1 Å². The monoisotopic (exact) mass is 419 g/mol. The third-order valence-electron chi connectivity index (χ3n) is 4.14. The van der Waals surface area contributed by atoms with Crippen LogP contribution in [0.25, 0.3) is 0 Å². The van der Waals surface area contributed by atoms with Crippen LogP contribution in [-0.4, -0.2) is 29.3 Å². The van der Waals surface area contributed by atoms with E-state index in [0.717, 1.165) is 4.90 Å². The number of hydrogen-bond acceptors (Lipinski definition) is 3. The molecule has 1 aliphatic rings. The van der Waals surface area contributed by atoms with Gasteiger partial charge in [0, 0.05) is 10.0 Å². The minimum Gasteiger partial charge on any atom is -0.322 e. The third-order valence-corrected chi connectivity index (χ3v) is 4.83. The van der Waals surface area contributed by atoms with E-state index in [2.05, 4.69) is 26.6 Å². The lowest BCUT2D eigenvalue weighted by Crippen LogP contribution is -2.42. The number of carbonyl (C=O) groups excluding carboxylic acids is 3. The Hall–Kier alpha value is -2.74. The van der Waals surface area contributed by atoms with E-state index >= 15 is 0 Å². The number of benzene rings is 2. The molecule has 4 amide bonds. The van der Waals surface area contributed by atoms with Gasteiger partial charge in [-0.3, -0.25) is 14.5 Å². The molecule has 1 fully saturated rings. The maximum atomic E-state index is 13.6. The number of carbonyl (C=O) groups is 3. The molecule has 0 spiro atoms. The average Bonchev–Trinajstić information content (AvgIpc) is 2.81. The van der Waals surface area contributed by atoms with Crippen molar-refractivity contribution in [1.82, 2.24) is 10.2 Å². The molecule has 0 aromatic heterocycles. The Morgan fingerprint density at radius 1 is 1.19 bits per heavy atom. The summed E-state index contributed by atoms with van der Waals surface area (Å²) in [5, 5.41) is 4.98. The number of rotatable bonds is 4. The lowest BCUT2D eigenvalue weighted by atomic mass is 9.92. The number of nitrogens with zero attached hydrogens (tertiary/aromatic N) is 1. The van der Waals surface area contributed by atoms with E-state index in [-0.39, 0.29) is 5.69 Å². The van der Waals surface area contributed by atoms with Crippen LogP contribution in [0.15, 0.2) is 53.0 Å². The molecule has 0 unspecified atom stereocenters. The van der Waals surface area contributed by atoms with Crippen LogP contribution >= 0.6 is 15.9 Å². The number of hydrogen-bond donors (Lipinski definition) is 2. The van der Waals surface area contributed by atoms with Crippen molar-refractivity contribution in [1.29, 1.82) is 0 Å². The lowest BCUT2D eigenvalue weighted by Gasteiger charge is -2.23.